The van der Waals surface area contributed by atoms with Crippen molar-refractivity contribution in [2.75, 3.05) is 12.4 Å². The molecule has 2 aromatic carbocycles. The third-order valence-corrected chi connectivity index (χ3v) is 3.71. The number of nitrogens with one attached hydrogen (secondary N) is 1. The first-order valence-electron chi connectivity index (χ1n) is 6.98. The van der Waals surface area contributed by atoms with E-state index in [1.165, 1.54) is 0 Å². The maximum atomic E-state index is 12.3. The number of hydrogen-bond donors (Lipinski definition) is 1. The van der Waals surface area contributed by atoms with Gasteiger partial charge in [-0.05, 0) is 49.7 Å². The smallest absolute Gasteiger partial charge is 0.265 e. The summed E-state index contributed by atoms with van der Waals surface area (Å²) in [5, 5.41) is 3.64. The van der Waals surface area contributed by atoms with Crippen LogP contribution in [0, 0.1) is 6.92 Å². The zero-order valence-electron chi connectivity index (χ0n) is 13.0. The molecule has 0 aliphatic heterocycles. The molecule has 0 spiro atoms. The second kappa shape index (κ2) is 7.57. The summed E-state index contributed by atoms with van der Waals surface area (Å²) in [5.41, 5.74) is 1.62. The summed E-state index contributed by atoms with van der Waals surface area (Å²) in [6, 6.07) is 10.4. The lowest BCUT2D eigenvalue weighted by Crippen LogP contribution is -2.30. The van der Waals surface area contributed by atoms with E-state index in [-0.39, 0.29) is 5.91 Å². The Bertz CT molecular complexity index is 719. The predicted molar refractivity (Wildman–Crippen MR) is 92.9 cm³/mol. The standard InChI is InChI=1S/C17H17Cl2NO3/c1-10-4-6-14(16(8-10)22-3)20-17(21)11(2)23-15-7-5-12(18)9-13(15)19/h4-9,11H,1-3H3,(H,20,21). The Kier molecular flexibility index (Phi) is 5.74. The van der Waals surface area contributed by atoms with Crippen LogP contribution in [0.2, 0.25) is 10.0 Å². The van der Waals surface area contributed by atoms with Crippen LogP contribution in [0.3, 0.4) is 0 Å². The molecule has 0 fully saturated rings. The molecule has 4 nitrogen and oxygen atoms in total. The SMILES string of the molecule is COc1cc(C)ccc1NC(=O)C(C)Oc1ccc(Cl)cc1Cl. The molecular weight excluding hydrogens is 337 g/mol. The van der Waals surface area contributed by atoms with Crippen LogP contribution in [-0.4, -0.2) is 19.1 Å². The Hall–Kier alpha value is -1.91. The molecule has 0 heterocycles. The Morgan fingerprint density at radius 1 is 1.13 bits per heavy atom. The average molecular weight is 354 g/mol. The van der Waals surface area contributed by atoms with Gasteiger partial charge in [-0.1, -0.05) is 29.3 Å². The maximum Gasteiger partial charge on any atom is 0.265 e. The molecular formula is C17H17Cl2NO3. The number of ether oxygens (including phenoxy) is 2. The number of halogens is 2. The van der Waals surface area contributed by atoms with Crippen molar-refractivity contribution in [2.24, 2.45) is 0 Å². The van der Waals surface area contributed by atoms with Crippen LogP contribution in [0.15, 0.2) is 36.4 Å². The van der Waals surface area contributed by atoms with E-state index < -0.39 is 6.10 Å². The van der Waals surface area contributed by atoms with Crippen molar-refractivity contribution in [3.8, 4) is 11.5 Å². The van der Waals surface area contributed by atoms with E-state index in [1.807, 2.05) is 19.1 Å². The number of aryl methyl sites for hydroxylation is 1. The average Bonchev–Trinajstić information content (AvgIpc) is 2.51. The Morgan fingerprint density at radius 3 is 2.52 bits per heavy atom. The fourth-order valence-corrected chi connectivity index (χ4v) is 2.40. The molecule has 6 heteroatoms. The molecule has 0 radical (unpaired) electrons. The van der Waals surface area contributed by atoms with Gasteiger partial charge in [0.2, 0.25) is 0 Å². The minimum atomic E-state index is -0.736. The van der Waals surface area contributed by atoms with E-state index >= 15 is 0 Å². The molecule has 0 saturated carbocycles. The van der Waals surface area contributed by atoms with Gasteiger partial charge in [0.25, 0.3) is 5.91 Å². The number of benzene rings is 2. The van der Waals surface area contributed by atoms with Gasteiger partial charge in [-0.2, -0.15) is 0 Å². The summed E-state index contributed by atoms with van der Waals surface area (Å²) in [6.45, 7) is 3.59. The molecule has 1 atom stereocenters. The Morgan fingerprint density at radius 2 is 1.87 bits per heavy atom. The lowest BCUT2D eigenvalue weighted by molar-refractivity contribution is -0.122. The van der Waals surface area contributed by atoms with Crippen molar-refractivity contribution in [1.29, 1.82) is 0 Å². The van der Waals surface area contributed by atoms with E-state index in [4.69, 9.17) is 32.7 Å². The van der Waals surface area contributed by atoms with E-state index in [9.17, 15) is 4.79 Å². The van der Waals surface area contributed by atoms with Crippen molar-refractivity contribution in [3.05, 3.63) is 52.0 Å². The van der Waals surface area contributed by atoms with Gasteiger partial charge in [-0.15, -0.1) is 0 Å². The van der Waals surface area contributed by atoms with Crippen LogP contribution in [0.25, 0.3) is 0 Å². The second-order valence-corrected chi connectivity index (χ2v) is 5.87. The van der Waals surface area contributed by atoms with Crippen LogP contribution in [0.4, 0.5) is 5.69 Å². The summed E-state index contributed by atoms with van der Waals surface area (Å²) in [6.07, 6.45) is -0.736. The van der Waals surface area contributed by atoms with Crippen LogP contribution < -0.4 is 14.8 Å². The molecule has 0 aromatic heterocycles. The predicted octanol–water partition coefficient (Wildman–Crippen LogP) is 4.72. The summed E-state index contributed by atoms with van der Waals surface area (Å²) in [7, 11) is 1.55. The highest BCUT2D eigenvalue weighted by Gasteiger charge is 2.18. The minimum Gasteiger partial charge on any atom is -0.495 e. The first-order chi connectivity index (χ1) is 10.9. The number of carbonyl (C=O) groups is 1. The second-order valence-electron chi connectivity index (χ2n) is 5.03. The van der Waals surface area contributed by atoms with E-state index in [1.54, 1.807) is 38.3 Å². The molecule has 0 aliphatic carbocycles. The van der Waals surface area contributed by atoms with Crippen LogP contribution >= 0.6 is 23.2 Å². The highest BCUT2D eigenvalue weighted by Crippen LogP contribution is 2.29. The molecule has 2 rings (SSSR count). The van der Waals surface area contributed by atoms with Crippen LogP contribution in [0.5, 0.6) is 11.5 Å². The normalized spacial score (nSPS) is 11.7. The molecule has 122 valence electrons. The maximum absolute atomic E-state index is 12.3. The summed E-state index contributed by atoms with van der Waals surface area (Å²) in [5.74, 6) is 0.683. The van der Waals surface area contributed by atoms with Gasteiger partial charge in [0.1, 0.15) is 11.5 Å². The summed E-state index contributed by atoms with van der Waals surface area (Å²) >= 11 is 11.9. The number of hydrogen-bond acceptors (Lipinski definition) is 3. The van der Waals surface area contributed by atoms with Gasteiger partial charge in [0.05, 0.1) is 17.8 Å². The van der Waals surface area contributed by atoms with Crippen molar-refractivity contribution in [2.45, 2.75) is 20.0 Å². The Labute approximate surface area is 145 Å². The van der Waals surface area contributed by atoms with E-state index in [0.717, 1.165) is 5.56 Å². The number of rotatable bonds is 5. The van der Waals surface area contributed by atoms with Crippen molar-refractivity contribution in [3.63, 3.8) is 0 Å². The largest absolute Gasteiger partial charge is 0.495 e. The summed E-state index contributed by atoms with van der Waals surface area (Å²) < 4.78 is 10.9. The quantitative estimate of drug-likeness (QED) is 0.845. The van der Waals surface area contributed by atoms with Gasteiger partial charge in [-0.25, -0.2) is 0 Å². The van der Waals surface area contributed by atoms with Gasteiger partial charge in [-0.3, -0.25) is 4.79 Å². The molecule has 1 amide bonds. The third-order valence-electron chi connectivity index (χ3n) is 3.18. The molecule has 0 bridgehead atoms. The first kappa shape index (κ1) is 17.4. The monoisotopic (exact) mass is 353 g/mol. The highest BCUT2D eigenvalue weighted by molar-refractivity contribution is 6.35. The Balaban J connectivity index is 2.08. The molecule has 1 unspecified atom stereocenters. The van der Waals surface area contributed by atoms with Gasteiger partial charge in [0.15, 0.2) is 6.10 Å². The number of methoxy groups -OCH3 is 1. The fourth-order valence-electron chi connectivity index (χ4n) is 1.95. The number of anilines is 1. The van der Waals surface area contributed by atoms with Crippen LogP contribution in [-0.2, 0) is 4.79 Å². The molecule has 1 N–H and O–H groups in total. The number of amides is 1. The zero-order chi connectivity index (χ0) is 17.0. The van der Waals surface area contributed by atoms with Crippen LogP contribution in [0.1, 0.15) is 12.5 Å². The van der Waals surface area contributed by atoms with Gasteiger partial charge >= 0.3 is 0 Å². The fraction of sp³-hybridized carbons (Fsp3) is 0.235. The number of carbonyl (C=O) groups excluding carboxylic acids is 1. The lowest BCUT2D eigenvalue weighted by atomic mass is 10.2. The van der Waals surface area contributed by atoms with Crippen molar-refractivity contribution < 1.29 is 14.3 Å². The topological polar surface area (TPSA) is 47.6 Å². The van der Waals surface area contributed by atoms with Crippen molar-refractivity contribution >= 4 is 34.8 Å². The van der Waals surface area contributed by atoms with Crippen molar-refractivity contribution in [1.82, 2.24) is 0 Å². The molecule has 2 aromatic rings. The van der Waals surface area contributed by atoms with E-state index in [2.05, 4.69) is 5.32 Å². The lowest BCUT2D eigenvalue weighted by Gasteiger charge is -2.17. The summed E-state index contributed by atoms with van der Waals surface area (Å²) in [4.78, 5) is 12.3. The zero-order valence-corrected chi connectivity index (χ0v) is 14.5. The molecule has 23 heavy (non-hydrogen) atoms. The third kappa shape index (κ3) is 4.53. The van der Waals surface area contributed by atoms with E-state index in [0.29, 0.717) is 27.2 Å². The minimum absolute atomic E-state index is 0.307. The first-order valence-corrected chi connectivity index (χ1v) is 7.73. The molecule has 0 saturated heterocycles. The van der Waals surface area contributed by atoms with Gasteiger partial charge in [0, 0.05) is 5.02 Å². The highest BCUT2D eigenvalue weighted by atomic mass is 35.5. The molecule has 0 aliphatic rings. The van der Waals surface area contributed by atoms with Gasteiger partial charge < -0.3 is 14.8 Å².